The first-order valence-electron chi connectivity index (χ1n) is 8.37. The number of anilines is 1. The summed E-state index contributed by atoms with van der Waals surface area (Å²) < 4.78 is 0. The minimum absolute atomic E-state index is 0. The molecule has 0 unspecified atom stereocenters. The average Bonchev–Trinajstić information content (AvgIpc) is 2.53. The van der Waals surface area contributed by atoms with Crippen molar-refractivity contribution in [1.29, 1.82) is 0 Å². The summed E-state index contributed by atoms with van der Waals surface area (Å²) in [5.41, 5.74) is -0.134. The first-order chi connectivity index (χ1) is 11.1. The molecule has 0 radical (unpaired) electrons. The Hall–Kier alpha value is -0.0400. The molecule has 0 aromatic heterocycles. The summed E-state index contributed by atoms with van der Waals surface area (Å²) in [7, 11) is 0. The van der Waals surface area contributed by atoms with Gasteiger partial charge >= 0.3 is 59.1 Å². The molecule has 1 N–H and O–H groups in total. The smallest absolute Gasteiger partial charge is 0.545 e. The van der Waals surface area contributed by atoms with E-state index in [2.05, 4.69) is 12.2 Å². The number of carbonyl (C=O) groups excluding carboxylic acids is 2. The standard InChI is InChI=1S/C18H27NO4.2Na/c1-2-3-4-5-6-7-8-9-12-19-14-10-11-15(17(20)21)16(13-14)18(22)23;;/h10-11,13,19H,2-9,12H2,1H3,(H,20,21)(H,22,23);;/q;2*+1/p-2. The number of unbranched alkanes of at least 4 members (excludes halogenated alkanes) is 7. The SMILES string of the molecule is CCCCCCCCCCNc1ccc(C(=O)[O-])c(C(=O)[O-])c1.[Na+].[Na+]. The fraction of sp³-hybridized carbons (Fsp3) is 0.556. The summed E-state index contributed by atoms with van der Waals surface area (Å²) in [6.45, 7) is 2.93. The molecule has 0 fully saturated rings. The summed E-state index contributed by atoms with van der Waals surface area (Å²) in [6, 6.07) is 4.06. The van der Waals surface area contributed by atoms with E-state index in [1.54, 1.807) is 6.07 Å². The molecule has 0 heterocycles. The fourth-order valence-electron chi connectivity index (χ4n) is 2.49. The first-order valence-corrected chi connectivity index (χ1v) is 8.37. The van der Waals surface area contributed by atoms with Crippen molar-refractivity contribution in [1.82, 2.24) is 0 Å². The molecule has 0 aliphatic heterocycles. The van der Waals surface area contributed by atoms with Crippen molar-refractivity contribution >= 4 is 17.6 Å². The van der Waals surface area contributed by atoms with E-state index >= 15 is 0 Å². The molecule has 0 aliphatic carbocycles. The van der Waals surface area contributed by atoms with Gasteiger partial charge in [-0.15, -0.1) is 0 Å². The first kappa shape index (κ1) is 27.2. The molecule has 7 heteroatoms. The number of carboxylic acid groups (broad SMARTS) is 2. The largest absolute Gasteiger partial charge is 1.00 e. The van der Waals surface area contributed by atoms with Crippen LogP contribution in [0, 0.1) is 0 Å². The Morgan fingerprint density at radius 1 is 0.840 bits per heavy atom. The molecular weight excluding hydrogens is 340 g/mol. The molecule has 1 aromatic carbocycles. The van der Waals surface area contributed by atoms with Crippen LogP contribution in [-0.4, -0.2) is 18.5 Å². The second-order valence-electron chi connectivity index (χ2n) is 5.74. The fourth-order valence-corrected chi connectivity index (χ4v) is 2.49. The molecule has 1 aromatic rings. The second-order valence-corrected chi connectivity index (χ2v) is 5.74. The quantitative estimate of drug-likeness (QED) is 0.301. The van der Waals surface area contributed by atoms with Gasteiger partial charge in [0.1, 0.15) is 0 Å². The van der Waals surface area contributed by atoms with Crippen LogP contribution in [0.15, 0.2) is 18.2 Å². The van der Waals surface area contributed by atoms with Crippen molar-refractivity contribution in [2.45, 2.75) is 58.3 Å². The van der Waals surface area contributed by atoms with Gasteiger partial charge in [-0.05, 0) is 18.6 Å². The van der Waals surface area contributed by atoms with Crippen LogP contribution in [-0.2, 0) is 0 Å². The summed E-state index contributed by atoms with van der Waals surface area (Å²) in [5.74, 6) is -3.03. The van der Waals surface area contributed by atoms with Gasteiger partial charge in [0, 0.05) is 23.4 Å². The zero-order valence-corrected chi connectivity index (χ0v) is 19.7. The topological polar surface area (TPSA) is 92.3 Å². The predicted molar refractivity (Wildman–Crippen MR) is 86.2 cm³/mol. The Balaban J connectivity index is 0. The third kappa shape index (κ3) is 11.3. The summed E-state index contributed by atoms with van der Waals surface area (Å²) in [4.78, 5) is 21.8. The van der Waals surface area contributed by atoms with Crippen molar-refractivity contribution in [3.05, 3.63) is 29.3 Å². The number of hydrogen-bond donors (Lipinski definition) is 1. The van der Waals surface area contributed by atoms with E-state index in [9.17, 15) is 19.8 Å². The van der Waals surface area contributed by atoms with Crippen molar-refractivity contribution in [2.75, 3.05) is 11.9 Å². The second kappa shape index (κ2) is 16.2. The van der Waals surface area contributed by atoms with Crippen LogP contribution in [0.25, 0.3) is 0 Å². The molecule has 0 aliphatic rings. The van der Waals surface area contributed by atoms with Crippen molar-refractivity contribution in [2.24, 2.45) is 0 Å². The van der Waals surface area contributed by atoms with Gasteiger partial charge in [-0.25, -0.2) is 0 Å². The number of nitrogens with one attached hydrogen (secondary N) is 1. The van der Waals surface area contributed by atoms with Gasteiger partial charge in [0.2, 0.25) is 0 Å². The monoisotopic (exact) mass is 365 g/mol. The third-order valence-corrected chi connectivity index (χ3v) is 3.82. The van der Waals surface area contributed by atoms with Gasteiger partial charge in [0.25, 0.3) is 0 Å². The summed E-state index contributed by atoms with van der Waals surface area (Å²) in [6.07, 6.45) is 9.76. The van der Waals surface area contributed by atoms with E-state index in [1.165, 1.54) is 50.7 Å². The van der Waals surface area contributed by atoms with Crippen molar-refractivity contribution in [3.63, 3.8) is 0 Å². The molecule has 5 nitrogen and oxygen atoms in total. The van der Waals surface area contributed by atoms with Crippen LogP contribution in [0.4, 0.5) is 5.69 Å². The molecule has 25 heavy (non-hydrogen) atoms. The van der Waals surface area contributed by atoms with Crippen LogP contribution >= 0.6 is 0 Å². The van der Waals surface area contributed by atoms with Gasteiger partial charge in [-0.1, -0.05) is 57.9 Å². The van der Waals surface area contributed by atoms with Crippen LogP contribution in [0.3, 0.4) is 0 Å². The molecular formula is C18H25NNa2O4. The maximum atomic E-state index is 11.0. The van der Waals surface area contributed by atoms with Gasteiger partial charge in [-0.2, -0.15) is 0 Å². The predicted octanol–water partition coefficient (Wildman–Crippen LogP) is -4.03. The maximum Gasteiger partial charge on any atom is 1.00 e. The van der Waals surface area contributed by atoms with E-state index in [0.29, 0.717) is 5.69 Å². The number of hydrogen-bond acceptors (Lipinski definition) is 5. The van der Waals surface area contributed by atoms with Crippen LogP contribution in [0.5, 0.6) is 0 Å². The van der Waals surface area contributed by atoms with E-state index in [4.69, 9.17) is 0 Å². The van der Waals surface area contributed by atoms with Crippen LogP contribution in [0.2, 0.25) is 0 Å². The minimum Gasteiger partial charge on any atom is -0.545 e. The zero-order valence-electron chi connectivity index (χ0n) is 15.7. The van der Waals surface area contributed by atoms with E-state index in [1.807, 2.05) is 0 Å². The number of carboxylic acids is 2. The molecule has 0 saturated carbocycles. The number of carbonyl (C=O) groups is 2. The van der Waals surface area contributed by atoms with Crippen LogP contribution in [0.1, 0.15) is 79.0 Å². The average molecular weight is 365 g/mol. The molecule has 0 spiro atoms. The summed E-state index contributed by atoms with van der Waals surface area (Å²) in [5, 5.41) is 24.9. The Morgan fingerprint density at radius 2 is 1.36 bits per heavy atom. The van der Waals surface area contributed by atoms with Gasteiger partial charge < -0.3 is 25.1 Å². The Kier molecular flexibility index (Phi) is 17.6. The zero-order chi connectivity index (χ0) is 17.1. The minimum atomic E-state index is -1.51. The van der Waals surface area contributed by atoms with Gasteiger partial charge in [0.05, 0.1) is 11.9 Å². The van der Waals surface area contributed by atoms with Crippen LogP contribution < -0.4 is 74.6 Å². The van der Waals surface area contributed by atoms with Gasteiger partial charge in [-0.3, -0.25) is 0 Å². The van der Waals surface area contributed by atoms with E-state index < -0.39 is 11.9 Å². The number of benzene rings is 1. The van der Waals surface area contributed by atoms with Gasteiger partial charge in [0.15, 0.2) is 0 Å². The Morgan fingerprint density at radius 3 is 1.88 bits per heavy atom. The van der Waals surface area contributed by atoms with E-state index in [-0.39, 0.29) is 70.2 Å². The molecule has 0 atom stereocenters. The van der Waals surface area contributed by atoms with Crippen molar-refractivity contribution in [3.8, 4) is 0 Å². The Bertz CT molecular complexity index is 524. The third-order valence-electron chi connectivity index (χ3n) is 3.82. The maximum absolute atomic E-state index is 11.0. The molecule has 0 bridgehead atoms. The normalized spacial score (nSPS) is 9.64. The number of rotatable bonds is 12. The molecule has 128 valence electrons. The van der Waals surface area contributed by atoms with Crippen molar-refractivity contribution < 1.29 is 78.9 Å². The molecule has 0 saturated heterocycles. The summed E-state index contributed by atoms with van der Waals surface area (Å²) >= 11 is 0. The molecule has 1 rings (SSSR count). The van der Waals surface area contributed by atoms with E-state index in [0.717, 1.165) is 19.4 Å². The Labute approximate surface area is 194 Å². The number of aromatic carboxylic acids is 2. The molecule has 0 amide bonds.